The van der Waals surface area contributed by atoms with Crippen molar-refractivity contribution in [2.75, 3.05) is 0 Å². The molecule has 2 heterocycles. The molecule has 2 aliphatic rings. The quantitative estimate of drug-likeness (QED) is 0.318. The predicted molar refractivity (Wildman–Crippen MR) is 141 cm³/mol. The molecule has 6 rings (SSSR count). The van der Waals surface area contributed by atoms with E-state index in [0.29, 0.717) is 0 Å². The van der Waals surface area contributed by atoms with E-state index in [-0.39, 0.29) is 11.1 Å². The van der Waals surface area contributed by atoms with Crippen LogP contribution in [0.3, 0.4) is 0 Å². The summed E-state index contributed by atoms with van der Waals surface area (Å²) in [7, 11) is 0. The second-order valence-corrected chi connectivity index (χ2v) is 10.9. The minimum Gasteiger partial charge on any atom is -0.282 e. The molecule has 0 N–H and O–H groups in total. The van der Waals surface area contributed by atoms with Crippen LogP contribution in [-0.2, 0) is 12.8 Å². The minimum atomic E-state index is -0.122. The van der Waals surface area contributed by atoms with Gasteiger partial charge in [-0.2, -0.15) is 0 Å². The van der Waals surface area contributed by atoms with Crippen LogP contribution in [0.1, 0.15) is 56.4 Å². The van der Waals surface area contributed by atoms with Gasteiger partial charge in [0.25, 0.3) is 0 Å². The van der Waals surface area contributed by atoms with Crippen molar-refractivity contribution in [3.63, 3.8) is 0 Å². The largest absolute Gasteiger partial charge is 0.282 e. The Labute approximate surface area is 196 Å². The number of rotatable bonds is 2. The van der Waals surface area contributed by atoms with Crippen molar-refractivity contribution >= 4 is 33.0 Å². The van der Waals surface area contributed by atoms with Gasteiger partial charge in [0, 0.05) is 17.8 Å². The molecule has 2 nitrogen and oxygen atoms in total. The second-order valence-electron chi connectivity index (χ2n) is 10.9. The Kier molecular flexibility index (Phi) is 4.39. The van der Waals surface area contributed by atoms with E-state index in [9.17, 15) is 0 Å². The van der Waals surface area contributed by atoms with Crippen molar-refractivity contribution in [2.24, 2.45) is 9.98 Å². The third kappa shape index (κ3) is 3.49. The van der Waals surface area contributed by atoms with Gasteiger partial charge < -0.3 is 0 Å². The van der Waals surface area contributed by atoms with Crippen LogP contribution < -0.4 is 0 Å². The Hall–Kier alpha value is -3.26. The normalized spacial score (nSPS) is 18.4. The van der Waals surface area contributed by atoms with E-state index >= 15 is 0 Å². The van der Waals surface area contributed by atoms with E-state index in [0.717, 1.165) is 19.3 Å². The molecule has 4 aromatic carbocycles. The van der Waals surface area contributed by atoms with Crippen molar-refractivity contribution in [3.8, 4) is 0 Å². The number of benzene rings is 4. The fourth-order valence-corrected chi connectivity index (χ4v) is 5.82. The summed E-state index contributed by atoms with van der Waals surface area (Å²) in [5.74, 6) is 0. The van der Waals surface area contributed by atoms with E-state index in [2.05, 4.69) is 100 Å². The topological polar surface area (TPSA) is 24.7 Å². The van der Waals surface area contributed by atoms with Crippen LogP contribution in [0.4, 0.5) is 0 Å². The third-order valence-corrected chi connectivity index (χ3v) is 7.13. The lowest BCUT2D eigenvalue weighted by atomic mass is 9.80. The Morgan fingerprint density at radius 3 is 1.45 bits per heavy atom. The first-order valence-corrected chi connectivity index (χ1v) is 12.0. The van der Waals surface area contributed by atoms with E-state index in [4.69, 9.17) is 9.98 Å². The number of hydrogen-bond donors (Lipinski definition) is 0. The molecule has 0 saturated heterocycles. The van der Waals surface area contributed by atoms with Crippen LogP contribution in [-0.4, -0.2) is 22.5 Å². The van der Waals surface area contributed by atoms with Gasteiger partial charge in [0.05, 0.1) is 11.1 Å². The van der Waals surface area contributed by atoms with Crippen molar-refractivity contribution in [1.29, 1.82) is 0 Å². The summed E-state index contributed by atoms with van der Waals surface area (Å²) in [4.78, 5) is 10.6. The highest BCUT2D eigenvalue weighted by molar-refractivity contribution is 6.21. The van der Waals surface area contributed by atoms with Gasteiger partial charge in [-0.25, -0.2) is 0 Å². The van der Waals surface area contributed by atoms with Gasteiger partial charge in [0.15, 0.2) is 0 Å². The smallest absolute Gasteiger partial charge is 0.0596 e. The lowest BCUT2D eigenvalue weighted by Gasteiger charge is -2.33. The molecular formula is C31H30N2. The minimum absolute atomic E-state index is 0.122. The second kappa shape index (κ2) is 7.12. The van der Waals surface area contributed by atoms with Gasteiger partial charge in [-0.15, -0.1) is 0 Å². The molecule has 0 unspecified atom stereocenters. The SMILES string of the molecule is CC1(C)Cc2c(ccc3ccccc23)C(CC2=NC(C)(C)Cc3c2ccc2ccccc32)=N1. The van der Waals surface area contributed by atoms with Gasteiger partial charge in [0.2, 0.25) is 0 Å². The zero-order chi connectivity index (χ0) is 22.8. The molecule has 164 valence electrons. The maximum atomic E-state index is 5.28. The monoisotopic (exact) mass is 430 g/mol. The first-order chi connectivity index (χ1) is 15.8. The van der Waals surface area contributed by atoms with E-state index in [1.165, 1.54) is 55.2 Å². The fourth-order valence-electron chi connectivity index (χ4n) is 5.82. The summed E-state index contributed by atoms with van der Waals surface area (Å²) in [6.07, 6.45) is 2.70. The number of fused-ring (bicyclic) bond motifs is 6. The first-order valence-electron chi connectivity index (χ1n) is 12.0. The fraction of sp³-hybridized carbons (Fsp3) is 0.290. The lowest BCUT2D eigenvalue weighted by molar-refractivity contribution is 0.511. The molecule has 0 spiro atoms. The predicted octanol–water partition coefficient (Wildman–Crippen LogP) is 7.33. The van der Waals surface area contributed by atoms with Gasteiger partial charge in [-0.1, -0.05) is 72.8 Å². The summed E-state index contributed by atoms with van der Waals surface area (Å²) >= 11 is 0. The molecule has 0 fully saturated rings. The van der Waals surface area contributed by atoms with Crippen molar-refractivity contribution in [1.82, 2.24) is 0 Å². The summed E-state index contributed by atoms with van der Waals surface area (Å²) in [6, 6.07) is 26.5. The van der Waals surface area contributed by atoms with Crippen LogP contribution in [0.2, 0.25) is 0 Å². The average molecular weight is 431 g/mol. The maximum absolute atomic E-state index is 5.28. The summed E-state index contributed by atoms with van der Waals surface area (Å²) in [6.45, 7) is 9.02. The highest BCUT2D eigenvalue weighted by Gasteiger charge is 2.32. The molecule has 0 amide bonds. The summed E-state index contributed by atoms with van der Waals surface area (Å²) in [5, 5.41) is 5.32. The van der Waals surface area contributed by atoms with E-state index in [1.54, 1.807) is 0 Å². The Bertz CT molecular complexity index is 1370. The standard InChI is InChI=1S/C31H30N2/c1-30(2)18-26-22-11-7-5-9-20(22)13-15-24(26)28(32-30)17-29-25-16-14-21-10-6-8-12-23(21)27(25)19-31(3,4)33-29/h5-16H,17-19H2,1-4H3. The highest BCUT2D eigenvalue weighted by Crippen LogP contribution is 2.37. The molecule has 0 aromatic heterocycles. The van der Waals surface area contributed by atoms with E-state index < -0.39 is 0 Å². The van der Waals surface area contributed by atoms with Gasteiger partial charge in [0.1, 0.15) is 0 Å². The van der Waals surface area contributed by atoms with Crippen molar-refractivity contribution < 1.29 is 0 Å². The van der Waals surface area contributed by atoms with Crippen LogP contribution in [0, 0.1) is 0 Å². The first kappa shape index (κ1) is 20.4. The number of nitrogens with zero attached hydrogens (tertiary/aromatic N) is 2. The van der Waals surface area contributed by atoms with Crippen LogP contribution in [0.5, 0.6) is 0 Å². The molecule has 0 aliphatic carbocycles. The molecule has 4 aromatic rings. The highest BCUT2D eigenvalue weighted by atomic mass is 14.9. The summed E-state index contributed by atoms with van der Waals surface area (Å²) in [5.41, 5.74) is 7.54. The average Bonchev–Trinajstić information content (AvgIpc) is 2.77. The Morgan fingerprint density at radius 1 is 0.576 bits per heavy atom. The Morgan fingerprint density at radius 2 is 1.00 bits per heavy atom. The molecule has 2 heteroatoms. The molecule has 0 bridgehead atoms. The maximum Gasteiger partial charge on any atom is 0.0596 e. The van der Waals surface area contributed by atoms with Gasteiger partial charge in [-0.3, -0.25) is 9.98 Å². The Balaban J connectivity index is 1.51. The number of aliphatic imine (C=N–C) groups is 2. The van der Waals surface area contributed by atoms with Gasteiger partial charge in [-0.05, 0) is 84.3 Å². The molecule has 0 saturated carbocycles. The van der Waals surface area contributed by atoms with E-state index in [1.807, 2.05) is 0 Å². The molecule has 0 atom stereocenters. The summed E-state index contributed by atoms with van der Waals surface area (Å²) < 4.78 is 0. The van der Waals surface area contributed by atoms with Crippen LogP contribution in [0.15, 0.2) is 82.8 Å². The lowest BCUT2D eigenvalue weighted by Crippen LogP contribution is -2.33. The molecular weight excluding hydrogens is 400 g/mol. The third-order valence-electron chi connectivity index (χ3n) is 7.13. The van der Waals surface area contributed by atoms with Crippen molar-refractivity contribution in [3.05, 3.63) is 95.1 Å². The molecule has 0 radical (unpaired) electrons. The van der Waals surface area contributed by atoms with Crippen LogP contribution in [0.25, 0.3) is 21.5 Å². The zero-order valence-electron chi connectivity index (χ0n) is 19.9. The molecule has 33 heavy (non-hydrogen) atoms. The van der Waals surface area contributed by atoms with Gasteiger partial charge >= 0.3 is 0 Å². The molecule has 2 aliphatic heterocycles. The number of hydrogen-bond acceptors (Lipinski definition) is 2. The van der Waals surface area contributed by atoms with Crippen LogP contribution >= 0.6 is 0 Å². The zero-order valence-corrected chi connectivity index (χ0v) is 19.9. The van der Waals surface area contributed by atoms with Crippen molar-refractivity contribution in [2.45, 2.75) is 58.0 Å².